The van der Waals surface area contributed by atoms with Crippen molar-refractivity contribution in [2.24, 2.45) is 0 Å². The van der Waals surface area contributed by atoms with E-state index < -0.39 is 0 Å². The Labute approximate surface area is 81.8 Å². The number of aryl methyl sites for hydroxylation is 1. The van der Waals surface area contributed by atoms with Gasteiger partial charge in [-0.1, -0.05) is 0 Å². The van der Waals surface area contributed by atoms with E-state index in [4.69, 9.17) is 5.26 Å². The van der Waals surface area contributed by atoms with Crippen molar-refractivity contribution < 1.29 is 0 Å². The zero-order valence-electron chi connectivity index (χ0n) is 8.00. The summed E-state index contributed by atoms with van der Waals surface area (Å²) in [6.07, 6.45) is 0.932. The summed E-state index contributed by atoms with van der Waals surface area (Å²) in [4.78, 5) is 11.7. The monoisotopic (exact) mass is 189 g/mol. The summed E-state index contributed by atoms with van der Waals surface area (Å²) in [6.45, 7) is 3.28. The molecule has 1 aliphatic heterocycles. The first-order chi connectivity index (χ1) is 6.74. The van der Waals surface area contributed by atoms with E-state index in [2.05, 4.69) is 11.4 Å². The van der Waals surface area contributed by atoms with Gasteiger partial charge in [-0.25, -0.2) is 0 Å². The number of hydrogen-bond acceptors (Lipinski definition) is 3. The maximum atomic E-state index is 11.7. The summed E-state index contributed by atoms with van der Waals surface area (Å²) in [5.74, 6) is 0.675. The van der Waals surface area contributed by atoms with Gasteiger partial charge in [0.2, 0.25) is 0 Å². The maximum Gasteiger partial charge on any atom is 0.255 e. The number of fused-ring (bicyclic) bond motifs is 1. The Morgan fingerprint density at radius 2 is 2.43 bits per heavy atom. The first kappa shape index (κ1) is 8.82. The van der Waals surface area contributed by atoms with Gasteiger partial charge in [0.1, 0.15) is 11.9 Å². The van der Waals surface area contributed by atoms with Crippen LogP contribution in [0.1, 0.15) is 17.5 Å². The summed E-state index contributed by atoms with van der Waals surface area (Å²) in [6, 6.07) is 3.75. The zero-order chi connectivity index (χ0) is 10.1. The topological polar surface area (TPSA) is 57.8 Å². The van der Waals surface area contributed by atoms with Crippen LogP contribution in [0.15, 0.2) is 10.9 Å². The van der Waals surface area contributed by atoms with E-state index in [9.17, 15) is 4.79 Å². The first-order valence-corrected chi connectivity index (χ1v) is 4.62. The van der Waals surface area contributed by atoms with Crippen molar-refractivity contribution in [2.75, 3.05) is 11.9 Å². The van der Waals surface area contributed by atoms with Gasteiger partial charge in [0.05, 0.1) is 5.56 Å². The fraction of sp³-hybridized carbons (Fsp3) is 0.400. The van der Waals surface area contributed by atoms with Gasteiger partial charge in [-0.15, -0.1) is 0 Å². The van der Waals surface area contributed by atoms with Crippen LogP contribution in [-0.2, 0) is 6.54 Å². The van der Waals surface area contributed by atoms with Crippen LogP contribution in [0.3, 0.4) is 0 Å². The summed E-state index contributed by atoms with van der Waals surface area (Å²) in [5, 5.41) is 12.0. The lowest BCUT2D eigenvalue weighted by Crippen LogP contribution is -2.31. The Balaban J connectivity index is 2.74. The van der Waals surface area contributed by atoms with Crippen LogP contribution in [-0.4, -0.2) is 11.1 Å². The average molecular weight is 189 g/mol. The van der Waals surface area contributed by atoms with Crippen LogP contribution in [0.25, 0.3) is 0 Å². The molecule has 0 aromatic carbocycles. The van der Waals surface area contributed by atoms with E-state index in [1.807, 2.05) is 0 Å². The summed E-state index contributed by atoms with van der Waals surface area (Å²) >= 11 is 0. The Bertz CT molecular complexity index is 467. The molecule has 0 saturated heterocycles. The van der Waals surface area contributed by atoms with Crippen molar-refractivity contribution in [3.63, 3.8) is 0 Å². The van der Waals surface area contributed by atoms with Gasteiger partial charge in [-0.05, 0) is 19.4 Å². The van der Waals surface area contributed by atoms with Gasteiger partial charge in [0.25, 0.3) is 5.56 Å². The van der Waals surface area contributed by atoms with Crippen LogP contribution in [0, 0.1) is 18.3 Å². The van der Waals surface area contributed by atoms with Gasteiger partial charge in [0.15, 0.2) is 0 Å². The van der Waals surface area contributed by atoms with E-state index in [-0.39, 0.29) is 5.56 Å². The van der Waals surface area contributed by atoms with Gasteiger partial charge in [-0.3, -0.25) is 9.36 Å². The van der Waals surface area contributed by atoms with Gasteiger partial charge in [-0.2, -0.15) is 5.26 Å². The SMILES string of the molecule is Cc1cc(C#N)c2n(c1=O)CCCN2. The molecule has 4 nitrogen and oxygen atoms in total. The highest BCUT2D eigenvalue weighted by Gasteiger charge is 2.15. The Hall–Kier alpha value is -1.76. The average Bonchev–Trinajstić information content (AvgIpc) is 2.23. The molecule has 4 heteroatoms. The van der Waals surface area contributed by atoms with Crippen molar-refractivity contribution in [3.8, 4) is 6.07 Å². The fourth-order valence-electron chi connectivity index (χ4n) is 1.74. The minimum atomic E-state index is 0.00574. The lowest BCUT2D eigenvalue weighted by atomic mass is 10.1. The molecular formula is C10H11N3O. The number of nitrogens with zero attached hydrogens (tertiary/aromatic N) is 2. The van der Waals surface area contributed by atoms with E-state index in [1.54, 1.807) is 17.6 Å². The molecule has 0 bridgehead atoms. The predicted molar refractivity (Wildman–Crippen MR) is 53.3 cm³/mol. The van der Waals surface area contributed by atoms with E-state index in [1.165, 1.54) is 0 Å². The lowest BCUT2D eigenvalue weighted by Gasteiger charge is -2.21. The molecule has 1 aromatic rings. The van der Waals surface area contributed by atoms with Gasteiger partial charge >= 0.3 is 0 Å². The second-order valence-electron chi connectivity index (χ2n) is 3.44. The highest BCUT2D eigenvalue weighted by atomic mass is 16.1. The first-order valence-electron chi connectivity index (χ1n) is 4.62. The van der Waals surface area contributed by atoms with Crippen LogP contribution in [0.4, 0.5) is 5.82 Å². The molecule has 0 saturated carbocycles. The Kier molecular flexibility index (Phi) is 2.01. The van der Waals surface area contributed by atoms with Gasteiger partial charge in [0, 0.05) is 18.7 Å². The molecule has 2 heterocycles. The van der Waals surface area contributed by atoms with Crippen LogP contribution in [0.5, 0.6) is 0 Å². The number of pyridine rings is 1. The molecule has 0 unspecified atom stereocenters. The van der Waals surface area contributed by atoms with Crippen molar-refractivity contribution in [2.45, 2.75) is 19.9 Å². The number of aromatic nitrogens is 1. The molecule has 0 spiro atoms. The Morgan fingerprint density at radius 1 is 1.64 bits per heavy atom. The third kappa shape index (κ3) is 1.18. The molecule has 72 valence electrons. The molecule has 2 rings (SSSR count). The lowest BCUT2D eigenvalue weighted by molar-refractivity contribution is 0.605. The van der Waals surface area contributed by atoms with Crippen molar-refractivity contribution in [1.82, 2.24) is 4.57 Å². The molecule has 14 heavy (non-hydrogen) atoms. The maximum absolute atomic E-state index is 11.7. The highest BCUT2D eigenvalue weighted by Crippen LogP contribution is 2.17. The normalized spacial score (nSPS) is 14.0. The summed E-state index contributed by atoms with van der Waals surface area (Å²) in [5.41, 5.74) is 1.20. The van der Waals surface area contributed by atoms with Gasteiger partial charge < -0.3 is 5.32 Å². The van der Waals surface area contributed by atoms with Crippen LogP contribution >= 0.6 is 0 Å². The Morgan fingerprint density at radius 3 is 3.14 bits per heavy atom. The number of rotatable bonds is 0. The molecular weight excluding hydrogens is 178 g/mol. The van der Waals surface area contributed by atoms with E-state index >= 15 is 0 Å². The largest absolute Gasteiger partial charge is 0.370 e. The third-order valence-electron chi connectivity index (χ3n) is 2.44. The smallest absolute Gasteiger partial charge is 0.255 e. The van der Waals surface area contributed by atoms with E-state index in [0.29, 0.717) is 23.5 Å². The summed E-state index contributed by atoms with van der Waals surface area (Å²) in [7, 11) is 0. The second kappa shape index (κ2) is 3.18. The molecule has 1 aliphatic rings. The number of anilines is 1. The van der Waals surface area contributed by atoms with Crippen molar-refractivity contribution in [3.05, 3.63) is 27.5 Å². The molecule has 0 aliphatic carbocycles. The van der Waals surface area contributed by atoms with Crippen molar-refractivity contribution >= 4 is 5.82 Å². The zero-order valence-corrected chi connectivity index (χ0v) is 8.00. The minimum absolute atomic E-state index is 0.00574. The molecule has 0 radical (unpaired) electrons. The van der Waals surface area contributed by atoms with Crippen LogP contribution < -0.4 is 10.9 Å². The highest BCUT2D eigenvalue weighted by molar-refractivity contribution is 5.54. The fourth-order valence-corrected chi connectivity index (χ4v) is 1.74. The quantitative estimate of drug-likeness (QED) is 0.658. The molecule has 0 atom stereocenters. The number of nitriles is 1. The van der Waals surface area contributed by atoms with Crippen LogP contribution in [0.2, 0.25) is 0 Å². The summed E-state index contributed by atoms with van der Waals surface area (Å²) < 4.78 is 1.65. The molecule has 1 aromatic heterocycles. The molecule has 0 amide bonds. The minimum Gasteiger partial charge on any atom is -0.370 e. The molecule has 1 N–H and O–H groups in total. The second-order valence-corrected chi connectivity index (χ2v) is 3.44. The predicted octanol–water partition coefficient (Wildman–Crippen LogP) is 0.844. The van der Waals surface area contributed by atoms with Crippen molar-refractivity contribution in [1.29, 1.82) is 5.26 Å². The standard InChI is InChI=1S/C10H11N3O/c1-7-5-8(6-11)9-12-3-2-4-13(9)10(7)14/h5,12H,2-4H2,1H3. The molecule has 0 fully saturated rings. The number of hydrogen-bond donors (Lipinski definition) is 1. The third-order valence-corrected chi connectivity index (χ3v) is 2.44. The van der Waals surface area contributed by atoms with E-state index in [0.717, 1.165) is 13.0 Å². The number of nitrogens with one attached hydrogen (secondary N) is 1.